The maximum Gasteiger partial charge on any atom is 0.322 e. The predicted molar refractivity (Wildman–Crippen MR) is 122 cm³/mol. The molecular formula is C24H23N3O4. The molecule has 0 atom stereocenters. The molecule has 0 aromatic heterocycles. The lowest BCUT2D eigenvalue weighted by molar-refractivity contribution is -0.137. The van der Waals surface area contributed by atoms with Crippen molar-refractivity contribution in [1.82, 2.24) is 10.3 Å². The van der Waals surface area contributed by atoms with Crippen LogP contribution >= 0.6 is 0 Å². The molecule has 0 saturated carbocycles. The Bertz CT molecular complexity index is 1100. The molecule has 1 aliphatic rings. The Labute approximate surface area is 181 Å². The predicted octanol–water partition coefficient (Wildman–Crippen LogP) is 3.55. The number of terminal acetylenes is 1. The van der Waals surface area contributed by atoms with E-state index in [1.165, 1.54) is 11.2 Å². The number of aliphatic carboxylic acids is 1. The first-order chi connectivity index (χ1) is 14.9. The highest BCUT2D eigenvalue weighted by molar-refractivity contribution is 6.04. The van der Waals surface area contributed by atoms with Crippen molar-refractivity contribution in [1.29, 1.82) is 0 Å². The van der Waals surface area contributed by atoms with Gasteiger partial charge in [0.15, 0.2) is 11.5 Å². The van der Waals surface area contributed by atoms with Crippen molar-refractivity contribution in [3.63, 3.8) is 0 Å². The van der Waals surface area contributed by atoms with Gasteiger partial charge in [0.25, 0.3) is 5.91 Å². The zero-order valence-corrected chi connectivity index (χ0v) is 17.3. The van der Waals surface area contributed by atoms with Crippen molar-refractivity contribution in [2.75, 3.05) is 6.54 Å². The molecule has 7 nitrogen and oxygen atoms in total. The van der Waals surface area contributed by atoms with Crippen LogP contribution in [0.2, 0.25) is 0 Å². The summed E-state index contributed by atoms with van der Waals surface area (Å²) in [6.45, 7) is 6.46. The molecule has 1 aromatic rings. The molecule has 158 valence electrons. The number of carbonyl (C=O) groups excluding carboxylic acids is 1. The molecule has 1 amide bonds. The van der Waals surface area contributed by atoms with E-state index in [2.05, 4.69) is 22.9 Å². The number of hydrogen-bond acceptors (Lipinski definition) is 5. The number of carbonyl (C=O) groups is 2. The molecule has 0 spiro atoms. The second-order valence-electron chi connectivity index (χ2n) is 6.24. The van der Waals surface area contributed by atoms with Crippen molar-refractivity contribution in [2.24, 2.45) is 5.10 Å². The standard InChI is InChI=1S/C24H23N3O4/c1-5-9-10-11-16(6-2)17-12-13-18-19(14-17)20(7-3)27(26-8-4)22(23(18)30)24(31)25-15-21(28)29/h2,5,7-14,30H,1,15H2,3-4H3,(H,25,31)(H,28,29)/b10-9-,16-11+,20-7+,26-8-. The van der Waals surface area contributed by atoms with Gasteiger partial charge in [0.2, 0.25) is 0 Å². The second-order valence-corrected chi connectivity index (χ2v) is 6.24. The summed E-state index contributed by atoms with van der Waals surface area (Å²) >= 11 is 0. The minimum absolute atomic E-state index is 0.172. The van der Waals surface area contributed by atoms with Gasteiger partial charge in [-0.15, -0.1) is 6.42 Å². The molecule has 0 radical (unpaired) electrons. The number of carboxylic acids is 1. The van der Waals surface area contributed by atoms with Crippen molar-refractivity contribution in [3.05, 3.63) is 77.5 Å². The van der Waals surface area contributed by atoms with Crippen LogP contribution in [0, 0.1) is 12.3 Å². The molecule has 2 rings (SSSR count). The average Bonchev–Trinajstić information content (AvgIpc) is 2.75. The van der Waals surface area contributed by atoms with Crippen LogP contribution in [0.25, 0.3) is 17.0 Å². The molecule has 3 N–H and O–H groups in total. The molecule has 0 aliphatic carbocycles. The minimum atomic E-state index is -1.20. The third-order valence-electron chi connectivity index (χ3n) is 4.31. The molecule has 0 unspecified atom stereocenters. The van der Waals surface area contributed by atoms with Gasteiger partial charge in [0.1, 0.15) is 6.54 Å². The summed E-state index contributed by atoms with van der Waals surface area (Å²) in [6.07, 6.45) is 15.8. The number of allylic oxidation sites excluding steroid dienone is 6. The number of hydrogen-bond donors (Lipinski definition) is 3. The van der Waals surface area contributed by atoms with E-state index in [1.54, 1.807) is 62.4 Å². The smallest absolute Gasteiger partial charge is 0.322 e. The largest absolute Gasteiger partial charge is 0.505 e. The van der Waals surface area contributed by atoms with Crippen LogP contribution in [0.3, 0.4) is 0 Å². The molecule has 1 aromatic carbocycles. The number of hydrazone groups is 1. The quantitative estimate of drug-likeness (QED) is 0.358. The monoisotopic (exact) mass is 417 g/mol. The van der Waals surface area contributed by atoms with E-state index < -0.39 is 18.4 Å². The number of aliphatic hydroxyl groups excluding tert-OH is 1. The number of aliphatic hydroxyl groups is 1. The topological polar surface area (TPSA) is 102 Å². The lowest BCUT2D eigenvalue weighted by atomic mass is 9.92. The summed E-state index contributed by atoms with van der Waals surface area (Å²) in [7, 11) is 0. The highest BCUT2D eigenvalue weighted by atomic mass is 16.4. The lowest BCUT2D eigenvalue weighted by Gasteiger charge is -2.31. The highest BCUT2D eigenvalue weighted by Crippen LogP contribution is 2.39. The van der Waals surface area contributed by atoms with Crippen LogP contribution in [0.5, 0.6) is 0 Å². The summed E-state index contributed by atoms with van der Waals surface area (Å²) in [6, 6.07) is 5.20. The van der Waals surface area contributed by atoms with Gasteiger partial charge in [-0.25, -0.2) is 5.01 Å². The lowest BCUT2D eigenvalue weighted by Crippen LogP contribution is -2.37. The van der Waals surface area contributed by atoms with Crippen LogP contribution in [0.1, 0.15) is 30.5 Å². The van der Waals surface area contributed by atoms with Crippen molar-refractivity contribution in [3.8, 4) is 12.3 Å². The van der Waals surface area contributed by atoms with Crippen molar-refractivity contribution >= 4 is 35.1 Å². The Morgan fingerprint density at radius 3 is 2.61 bits per heavy atom. The van der Waals surface area contributed by atoms with Crippen LogP contribution in [-0.2, 0) is 9.59 Å². The Kier molecular flexibility index (Phi) is 7.75. The molecule has 7 heteroatoms. The number of nitrogens with zero attached hydrogens (tertiary/aromatic N) is 2. The Morgan fingerprint density at radius 1 is 1.29 bits per heavy atom. The van der Waals surface area contributed by atoms with Gasteiger partial charge in [0.05, 0.1) is 5.70 Å². The normalized spacial score (nSPS) is 15.3. The third-order valence-corrected chi connectivity index (χ3v) is 4.31. The van der Waals surface area contributed by atoms with E-state index in [9.17, 15) is 14.7 Å². The molecule has 31 heavy (non-hydrogen) atoms. The summed E-state index contributed by atoms with van der Waals surface area (Å²) in [5.74, 6) is 0.348. The number of amides is 1. The molecule has 1 heterocycles. The summed E-state index contributed by atoms with van der Waals surface area (Å²) in [5.41, 5.74) is 2.74. The van der Waals surface area contributed by atoms with Gasteiger partial charge in [-0.1, -0.05) is 42.9 Å². The van der Waals surface area contributed by atoms with Crippen LogP contribution in [0.15, 0.2) is 66.0 Å². The summed E-state index contributed by atoms with van der Waals surface area (Å²) < 4.78 is 0. The second kappa shape index (κ2) is 10.5. The van der Waals surface area contributed by atoms with Gasteiger partial charge in [-0.05, 0) is 37.6 Å². The maximum atomic E-state index is 12.7. The van der Waals surface area contributed by atoms with Crippen LogP contribution < -0.4 is 5.32 Å². The fourth-order valence-electron chi connectivity index (χ4n) is 3.01. The van der Waals surface area contributed by atoms with E-state index in [0.717, 1.165) is 5.56 Å². The third kappa shape index (κ3) is 5.00. The Morgan fingerprint density at radius 2 is 2.03 bits per heavy atom. The number of rotatable bonds is 7. The summed E-state index contributed by atoms with van der Waals surface area (Å²) in [4.78, 5) is 23.5. The zero-order valence-electron chi connectivity index (χ0n) is 17.3. The zero-order chi connectivity index (χ0) is 23.0. The SMILES string of the molecule is C#C/C(=C\C=C/C=C)c1ccc2c(c1)/C(=C\C)N(/N=C\C)C(C(=O)NCC(=O)O)=C2O. The number of carboxylic acid groups (broad SMARTS) is 1. The van der Waals surface area contributed by atoms with E-state index in [4.69, 9.17) is 11.5 Å². The van der Waals surface area contributed by atoms with E-state index in [1.807, 2.05) is 0 Å². The first-order valence-corrected chi connectivity index (χ1v) is 9.38. The van der Waals surface area contributed by atoms with Gasteiger partial charge >= 0.3 is 5.97 Å². The molecule has 0 fully saturated rings. The first kappa shape index (κ1) is 23.0. The van der Waals surface area contributed by atoms with Crippen LogP contribution in [-0.4, -0.2) is 39.9 Å². The van der Waals surface area contributed by atoms with E-state index in [0.29, 0.717) is 22.4 Å². The number of benzene rings is 1. The number of nitrogens with one attached hydrogen (secondary N) is 1. The van der Waals surface area contributed by atoms with Crippen molar-refractivity contribution in [2.45, 2.75) is 13.8 Å². The molecule has 1 aliphatic heterocycles. The Balaban J connectivity index is 2.68. The van der Waals surface area contributed by atoms with E-state index >= 15 is 0 Å². The van der Waals surface area contributed by atoms with Crippen molar-refractivity contribution < 1.29 is 19.8 Å². The minimum Gasteiger partial charge on any atom is -0.505 e. The molecule has 0 saturated heterocycles. The highest BCUT2D eigenvalue weighted by Gasteiger charge is 2.33. The average molecular weight is 417 g/mol. The molecule has 0 bridgehead atoms. The summed E-state index contributed by atoms with van der Waals surface area (Å²) in [5, 5.41) is 27.5. The van der Waals surface area contributed by atoms with E-state index in [-0.39, 0.29) is 11.5 Å². The van der Waals surface area contributed by atoms with Crippen LogP contribution in [0.4, 0.5) is 0 Å². The van der Waals surface area contributed by atoms with Gasteiger partial charge < -0.3 is 15.5 Å². The van der Waals surface area contributed by atoms with Gasteiger partial charge in [-0.3, -0.25) is 9.59 Å². The van der Waals surface area contributed by atoms with Gasteiger partial charge in [-0.2, -0.15) is 5.10 Å². The first-order valence-electron chi connectivity index (χ1n) is 9.38. The van der Waals surface area contributed by atoms with Gasteiger partial charge in [0, 0.05) is 22.9 Å². The fourth-order valence-corrected chi connectivity index (χ4v) is 3.01. The molecular weight excluding hydrogens is 394 g/mol. The Hall–Kier alpha value is -4.31. The fraction of sp³-hybridized carbons (Fsp3) is 0.125. The maximum absolute atomic E-state index is 12.7. The number of fused-ring (bicyclic) bond motifs is 1.